The van der Waals surface area contributed by atoms with Crippen LogP contribution in [0.1, 0.15) is 10.4 Å². The lowest BCUT2D eigenvalue weighted by Gasteiger charge is -2.08. The van der Waals surface area contributed by atoms with Crippen molar-refractivity contribution in [2.24, 2.45) is 11.5 Å². The quantitative estimate of drug-likeness (QED) is 0.495. The molecule has 0 fully saturated rings. The number of carbonyl (C=O) groups excluding carboxylic acids is 1. The van der Waals surface area contributed by atoms with E-state index in [0.29, 0.717) is 30.0 Å². The molecule has 0 saturated heterocycles. The molecule has 0 unspecified atom stereocenters. The van der Waals surface area contributed by atoms with Crippen LogP contribution in [0.2, 0.25) is 0 Å². The van der Waals surface area contributed by atoms with Crippen molar-refractivity contribution in [3.8, 4) is 0 Å². The van der Waals surface area contributed by atoms with E-state index in [4.69, 9.17) is 17.2 Å². The number of carbonyl (C=O) groups is 1. The average molecular weight is 194 g/mol. The first-order valence-corrected chi connectivity index (χ1v) is 4.28. The molecule has 5 nitrogen and oxygen atoms in total. The third kappa shape index (κ3) is 2.37. The van der Waals surface area contributed by atoms with Gasteiger partial charge in [0, 0.05) is 18.7 Å². The number of nitrogen functional groups attached to an aromatic ring is 1. The first-order chi connectivity index (χ1) is 6.65. The van der Waals surface area contributed by atoms with Crippen molar-refractivity contribution < 1.29 is 4.79 Å². The van der Waals surface area contributed by atoms with Gasteiger partial charge in [0.1, 0.15) is 0 Å². The Morgan fingerprint density at radius 3 is 2.71 bits per heavy atom. The largest absolute Gasteiger partial charge is 0.397 e. The summed E-state index contributed by atoms with van der Waals surface area (Å²) < 4.78 is 0. The average Bonchev–Trinajstić information content (AvgIpc) is 2.16. The third-order valence-electron chi connectivity index (χ3n) is 1.80. The van der Waals surface area contributed by atoms with Gasteiger partial charge >= 0.3 is 0 Å². The van der Waals surface area contributed by atoms with Gasteiger partial charge in [-0.3, -0.25) is 4.79 Å². The fourth-order valence-electron chi connectivity index (χ4n) is 1.07. The molecule has 0 aliphatic heterocycles. The van der Waals surface area contributed by atoms with E-state index in [9.17, 15) is 4.79 Å². The van der Waals surface area contributed by atoms with Gasteiger partial charge in [0.05, 0.1) is 11.4 Å². The van der Waals surface area contributed by atoms with E-state index in [1.165, 1.54) is 0 Å². The molecule has 0 heterocycles. The van der Waals surface area contributed by atoms with Crippen LogP contribution >= 0.6 is 0 Å². The van der Waals surface area contributed by atoms with Crippen LogP contribution in [0.15, 0.2) is 18.2 Å². The number of anilines is 2. The highest BCUT2D eigenvalue weighted by Gasteiger charge is 2.03. The second kappa shape index (κ2) is 4.48. The van der Waals surface area contributed by atoms with Crippen LogP contribution in [0.3, 0.4) is 0 Å². The molecule has 0 saturated carbocycles. The van der Waals surface area contributed by atoms with Crippen molar-refractivity contribution in [2.45, 2.75) is 0 Å². The molecule has 5 heteroatoms. The van der Waals surface area contributed by atoms with Gasteiger partial charge in [-0.15, -0.1) is 0 Å². The van der Waals surface area contributed by atoms with Crippen LogP contribution in [0.4, 0.5) is 11.4 Å². The maximum absolute atomic E-state index is 10.9. The SMILES string of the molecule is NCCNc1cc(C(N)=O)ccc1N. The van der Waals surface area contributed by atoms with Gasteiger partial charge in [0.2, 0.25) is 5.91 Å². The second-order valence-corrected chi connectivity index (χ2v) is 2.88. The van der Waals surface area contributed by atoms with Crippen LogP contribution in [-0.4, -0.2) is 19.0 Å². The summed E-state index contributed by atoms with van der Waals surface area (Å²) >= 11 is 0. The van der Waals surface area contributed by atoms with E-state index < -0.39 is 5.91 Å². The first-order valence-electron chi connectivity index (χ1n) is 4.28. The predicted octanol–water partition coefficient (Wildman–Crippen LogP) is -0.262. The minimum atomic E-state index is -0.471. The minimum Gasteiger partial charge on any atom is -0.397 e. The second-order valence-electron chi connectivity index (χ2n) is 2.88. The smallest absolute Gasteiger partial charge is 0.248 e. The van der Waals surface area contributed by atoms with Crippen molar-refractivity contribution in [3.63, 3.8) is 0 Å². The molecule has 0 atom stereocenters. The van der Waals surface area contributed by atoms with Gasteiger partial charge in [0.25, 0.3) is 0 Å². The Hall–Kier alpha value is -1.75. The van der Waals surface area contributed by atoms with Crippen LogP contribution in [0.25, 0.3) is 0 Å². The van der Waals surface area contributed by atoms with Gasteiger partial charge in [0.15, 0.2) is 0 Å². The molecule has 7 N–H and O–H groups in total. The lowest BCUT2D eigenvalue weighted by Crippen LogP contribution is -2.15. The van der Waals surface area contributed by atoms with Gasteiger partial charge in [-0.05, 0) is 18.2 Å². The van der Waals surface area contributed by atoms with E-state index in [2.05, 4.69) is 5.32 Å². The number of rotatable bonds is 4. The van der Waals surface area contributed by atoms with Crippen LogP contribution < -0.4 is 22.5 Å². The maximum Gasteiger partial charge on any atom is 0.248 e. The van der Waals surface area contributed by atoms with E-state index in [0.717, 1.165) is 0 Å². The summed E-state index contributed by atoms with van der Waals surface area (Å²) in [5.74, 6) is -0.471. The Balaban J connectivity index is 2.90. The summed E-state index contributed by atoms with van der Waals surface area (Å²) in [7, 11) is 0. The molecule has 1 aromatic carbocycles. The number of hydrogen-bond acceptors (Lipinski definition) is 4. The van der Waals surface area contributed by atoms with Crippen LogP contribution in [0, 0.1) is 0 Å². The summed E-state index contributed by atoms with van der Waals surface area (Å²) in [6.45, 7) is 1.10. The van der Waals surface area contributed by atoms with E-state index in [1.807, 2.05) is 0 Å². The first kappa shape index (κ1) is 10.3. The lowest BCUT2D eigenvalue weighted by molar-refractivity contribution is 0.100. The molecule has 0 aliphatic carbocycles. The topological polar surface area (TPSA) is 107 Å². The standard InChI is InChI=1S/C9H14N4O/c10-3-4-13-8-5-6(9(12)14)1-2-7(8)11/h1-2,5,13H,3-4,10-11H2,(H2,12,14). The number of amides is 1. The minimum absolute atomic E-state index is 0.429. The van der Waals surface area contributed by atoms with Crippen molar-refractivity contribution in [1.82, 2.24) is 0 Å². The van der Waals surface area contributed by atoms with Gasteiger partial charge in [-0.2, -0.15) is 0 Å². The lowest BCUT2D eigenvalue weighted by atomic mass is 10.1. The number of nitrogens with two attached hydrogens (primary N) is 3. The highest BCUT2D eigenvalue weighted by molar-refractivity contribution is 5.94. The Morgan fingerprint density at radius 2 is 2.14 bits per heavy atom. The molecule has 0 aromatic heterocycles. The summed E-state index contributed by atoms with van der Waals surface area (Å²) in [5, 5.41) is 3.00. The van der Waals surface area contributed by atoms with Gasteiger partial charge < -0.3 is 22.5 Å². The molecule has 0 bridgehead atoms. The van der Waals surface area contributed by atoms with Crippen molar-refractivity contribution in [3.05, 3.63) is 23.8 Å². The van der Waals surface area contributed by atoms with Crippen LogP contribution in [-0.2, 0) is 0 Å². The molecular formula is C9H14N4O. The zero-order chi connectivity index (χ0) is 10.6. The molecule has 1 amide bonds. The summed E-state index contributed by atoms with van der Waals surface area (Å²) in [5.41, 5.74) is 17.8. The van der Waals surface area contributed by atoms with Crippen LogP contribution in [0.5, 0.6) is 0 Å². The Bertz CT molecular complexity index is 338. The number of benzene rings is 1. The fraction of sp³-hybridized carbons (Fsp3) is 0.222. The maximum atomic E-state index is 10.9. The van der Waals surface area contributed by atoms with Crippen molar-refractivity contribution in [1.29, 1.82) is 0 Å². The normalized spacial score (nSPS) is 9.79. The highest BCUT2D eigenvalue weighted by atomic mass is 16.1. The van der Waals surface area contributed by atoms with E-state index in [1.54, 1.807) is 18.2 Å². The summed E-state index contributed by atoms with van der Waals surface area (Å²) in [4.78, 5) is 10.9. The molecule has 0 spiro atoms. The molecular weight excluding hydrogens is 180 g/mol. The molecule has 1 aromatic rings. The zero-order valence-electron chi connectivity index (χ0n) is 7.79. The van der Waals surface area contributed by atoms with Crippen molar-refractivity contribution >= 4 is 17.3 Å². The summed E-state index contributed by atoms with van der Waals surface area (Å²) in [6, 6.07) is 4.84. The Kier molecular flexibility index (Phi) is 3.30. The zero-order valence-corrected chi connectivity index (χ0v) is 7.79. The highest BCUT2D eigenvalue weighted by Crippen LogP contribution is 2.19. The summed E-state index contributed by atoms with van der Waals surface area (Å²) in [6.07, 6.45) is 0. The number of hydrogen-bond donors (Lipinski definition) is 4. The van der Waals surface area contributed by atoms with E-state index >= 15 is 0 Å². The van der Waals surface area contributed by atoms with E-state index in [-0.39, 0.29) is 0 Å². The number of primary amides is 1. The molecule has 14 heavy (non-hydrogen) atoms. The number of nitrogens with one attached hydrogen (secondary N) is 1. The Morgan fingerprint density at radius 1 is 1.43 bits per heavy atom. The third-order valence-corrected chi connectivity index (χ3v) is 1.80. The van der Waals surface area contributed by atoms with Gasteiger partial charge in [-0.25, -0.2) is 0 Å². The predicted molar refractivity (Wildman–Crippen MR) is 56.9 cm³/mol. The monoisotopic (exact) mass is 194 g/mol. The molecule has 0 aliphatic rings. The molecule has 1 rings (SSSR count). The fourth-order valence-corrected chi connectivity index (χ4v) is 1.07. The Labute approximate surface area is 82.3 Å². The van der Waals surface area contributed by atoms with Crippen molar-refractivity contribution in [2.75, 3.05) is 24.1 Å². The molecule has 0 radical (unpaired) electrons. The molecule has 76 valence electrons. The van der Waals surface area contributed by atoms with Gasteiger partial charge in [-0.1, -0.05) is 0 Å².